The maximum absolute atomic E-state index is 12.8. The number of quaternary nitrogens is 1. The van der Waals surface area contributed by atoms with Gasteiger partial charge in [0.15, 0.2) is 6.54 Å². The second-order valence-electron chi connectivity index (χ2n) is 7.80. The van der Waals surface area contributed by atoms with Crippen LogP contribution in [0.5, 0.6) is 0 Å². The zero-order chi connectivity index (χ0) is 21.5. The van der Waals surface area contributed by atoms with Crippen molar-refractivity contribution < 1.29 is 19.3 Å². The summed E-state index contributed by atoms with van der Waals surface area (Å²) in [7, 11) is 0. The zero-order valence-corrected chi connectivity index (χ0v) is 17.2. The van der Waals surface area contributed by atoms with Gasteiger partial charge in [0.25, 0.3) is 11.8 Å². The van der Waals surface area contributed by atoms with E-state index >= 15 is 0 Å². The van der Waals surface area contributed by atoms with E-state index in [2.05, 4.69) is 10.6 Å². The Morgan fingerprint density at radius 2 is 1.67 bits per heavy atom. The summed E-state index contributed by atoms with van der Waals surface area (Å²) in [4.78, 5) is 37.8. The number of likely N-dealkylation sites (tertiary alicyclic amines) is 1. The minimum absolute atomic E-state index is 0.0900. The van der Waals surface area contributed by atoms with E-state index in [0.717, 1.165) is 23.6 Å². The highest BCUT2D eigenvalue weighted by Gasteiger charge is 2.27. The highest BCUT2D eigenvalue weighted by atomic mass is 16.2. The third-order valence-corrected chi connectivity index (χ3v) is 5.60. The van der Waals surface area contributed by atoms with Gasteiger partial charge in [-0.3, -0.25) is 14.4 Å². The number of hydrogen-bond acceptors (Lipinski definition) is 3. The molecule has 0 aliphatic carbocycles. The molecule has 1 heterocycles. The summed E-state index contributed by atoms with van der Waals surface area (Å²) < 4.78 is 0. The number of anilines is 1. The Morgan fingerprint density at radius 1 is 1.03 bits per heavy atom. The first-order valence-corrected chi connectivity index (χ1v) is 10.3. The first-order valence-electron chi connectivity index (χ1n) is 10.3. The molecule has 0 radical (unpaired) electrons. The fourth-order valence-electron chi connectivity index (χ4n) is 3.80. The minimum Gasteiger partial charge on any atom is -0.369 e. The van der Waals surface area contributed by atoms with Gasteiger partial charge < -0.3 is 21.3 Å². The molecule has 2 aromatic carbocycles. The summed E-state index contributed by atoms with van der Waals surface area (Å²) in [6.07, 6.45) is 1.41. The van der Waals surface area contributed by atoms with Crippen molar-refractivity contribution in [3.05, 3.63) is 65.7 Å². The fraction of sp³-hybridized carbons (Fsp3) is 0.348. The Kier molecular flexibility index (Phi) is 7.19. The van der Waals surface area contributed by atoms with Crippen LogP contribution in [0.15, 0.2) is 54.6 Å². The Hall–Kier alpha value is -3.19. The van der Waals surface area contributed by atoms with Crippen molar-refractivity contribution >= 4 is 23.4 Å². The lowest BCUT2D eigenvalue weighted by Gasteiger charge is -2.27. The standard InChI is InChI=1S/C23H28N4O3/c1-16(17-7-3-2-4-8-17)25-23(30)19-9-5-6-10-20(19)26-21(28)15-27-13-11-18(12-14-27)22(24)29/h2-10,16,18H,11-15H2,1H3,(H2,24,29)(H,25,30)(H,26,28)/p+1/t16-/m1/s1. The number of primary amides is 1. The van der Waals surface area contributed by atoms with Gasteiger partial charge in [-0.25, -0.2) is 0 Å². The molecule has 0 spiro atoms. The van der Waals surface area contributed by atoms with Gasteiger partial charge in [0.05, 0.1) is 30.4 Å². The number of nitrogens with two attached hydrogens (primary N) is 1. The van der Waals surface area contributed by atoms with Gasteiger partial charge in [-0.1, -0.05) is 42.5 Å². The molecule has 1 atom stereocenters. The lowest BCUT2D eigenvalue weighted by atomic mass is 9.96. The number of benzene rings is 2. The molecule has 1 fully saturated rings. The SMILES string of the molecule is C[C@@H](NC(=O)c1ccccc1NC(=O)C[NH+]1CCC(C(N)=O)CC1)c1ccccc1. The highest BCUT2D eigenvalue weighted by Crippen LogP contribution is 2.18. The van der Waals surface area contributed by atoms with Crippen LogP contribution in [0.3, 0.4) is 0 Å². The van der Waals surface area contributed by atoms with Crippen molar-refractivity contribution in [2.24, 2.45) is 11.7 Å². The number of para-hydroxylation sites is 1. The van der Waals surface area contributed by atoms with E-state index in [0.29, 0.717) is 30.6 Å². The molecular weight excluding hydrogens is 380 g/mol. The predicted molar refractivity (Wildman–Crippen MR) is 115 cm³/mol. The van der Waals surface area contributed by atoms with Gasteiger partial charge in [0, 0.05) is 18.8 Å². The molecule has 3 amide bonds. The van der Waals surface area contributed by atoms with Gasteiger partial charge in [-0.15, -0.1) is 0 Å². The molecule has 30 heavy (non-hydrogen) atoms. The van der Waals surface area contributed by atoms with Crippen LogP contribution in [0.2, 0.25) is 0 Å². The van der Waals surface area contributed by atoms with E-state index in [1.54, 1.807) is 24.3 Å². The normalized spacial score (nSPS) is 19.5. The molecule has 3 rings (SSSR count). The number of carbonyl (C=O) groups excluding carboxylic acids is 3. The van der Waals surface area contributed by atoms with Crippen LogP contribution >= 0.6 is 0 Å². The van der Waals surface area contributed by atoms with Crippen LogP contribution in [-0.2, 0) is 9.59 Å². The molecule has 158 valence electrons. The molecule has 1 saturated heterocycles. The van der Waals surface area contributed by atoms with E-state index in [-0.39, 0.29) is 29.7 Å². The molecule has 1 aliphatic rings. The summed E-state index contributed by atoms with van der Waals surface area (Å²) in [6, 6.07) is 16.6. The van der Waals surface area contributed by atoms with Crippen LogP contribution in [0.25, 0.3) is 0 Å². The van der Waals surface area contributed by atoms with Crippen molar-refractivity contribution in [2.75, 3.05) is 25.0 Å². The van der Waals surface area contributed by atoms with Gasteiger partial charge in [0.2, 0.25) is 5.91 Å². The number of carbonyl (C=O) groups is 3. The van der Waals surface area contributed by atoms with Crippen LogP contribution in [-0.4, -0.2) is 37.4 Å². The number of piperidine rings is 1. The average Bonchev–Trinajstić information content (AvgIpc) is 2.75. The second-order valence-corrected chi connectivity index (χ2v) is 7.80. The summed E-state index contributed by atoms with van der Waals surface area (Å²) in [5.41, 5.74) is 7.30. The maximum atomic E-state index is 12.8. The van der Waals surface area contributed by atoms with E-state index < -0.39 is 0 Å². The largest absolute Gasteiger partial charge is 0.369 e. The molecule has 0 saturated carbocycles. The monoisotopic (exact) mass is 409 g/mol. The Morgan fingerprint density at radius 3 is 2.33 bits per heavy atom. The third kappa shape index (κ3) is 5.67. The van der Waals surface area contributed by atoms with E-state index in [9.17, 15) is 14.4 Å². The van der Waals surface area contributed by atoms with Crippen LogP contribution in [0, 0.1) is 5.92 Å². The Bertz CT molecular complexity index is 892. The van der Waals surface area contributed by atoms with Crippen LogP contribution in [0.1, 0.15) is 41.7 Å². The van der Waals surface area contributed by atoms with Crippen molar-refractivity contribution in [1.82, 2.24) is 5.32 Å². The fourth-order valence-corrected chi connectivity index (χ4v) is 3.80. The van der Waals surface area contributed by atoms with Crippen molar-refractivity contribution in [2.45, 2.75) is 25.8 Å². The molecule has 7 heteroatoms. The smallest absolute Gasteiger partial charge is 0.279 e. The summed E-state index contributed by atoms with van der Waals surface area (Å²) in [5.74, 6) is -0.744. The van der Waals surface area contributed by atoms with Crippen molar-refractivity contribution in [1.29, 1.82) is 0 Å². The summed E-state index contributed by atoms with van der Waals surface area (Å²) >= 11 is 0. The van der Waals surface area contributed by atoms with Gasteiger partial charge in [0.1, 0.15) is 0 Å². The topological polar surface area (TPSA) is 106 Å². The number of hydrogen-bond donors (Lipinski definition) is 4. The zero-order valence-electron chi connectivity index (χ0n) is 17.2. The molecule has 0 bridgehead atoms. The molecule has 5 N–H and O–H groups in total. The molecule has 7 nitrogen and oxygen atoms in total. The average molecular weight is 410 g/mol. The minimum atomic E-state index is -0.261. The van der Waals surface area contributed by atoms with Gasteiger partial charge in [-0.05, 0) is 24.6 Å². The molecule has 0 aromatic heterocycles. The second kappa shape index (κ2) is 10.0. The number of amides is 3. The van der Waals surface area contributed by atoms with E-state index in [1.807, 2.05) is 37.3 Å². The van der Waals surface area contributed by atoms with Crippen molar-refractivity contribution in [3.8, 4) is 0 Å². The predicted octanol–water partition coefficient (Wildman–Crippen LogP) is 0.896. The quantitative estimate of drug-likeness (QED) is 0.546. The summed E-state index contributed by atoms with van der Waals surface area (Å²) in [6.45, 7) is 3.69. The lowest BCUT2D eigenvalue weighted by molar-refractivity contribution is -0.897. The molecule has 2 aromatic rings. The molecule has 1 aliphatic heterocycles. The van der Waals surface area contributed by atoms with Gasteiger partial charge >= 0.3 is 0 Å². The van der Waals surface area contributed by atoms with E-state index in [4.69, 9.17) is 5.73 Å². The highest BCUT2D eigenvalue weighted by molar-refractivity contribution is 6.04. The third-order valence-electron chi connectivity index (χ3n) is 5.60. The number of rotatable bonds is 7. The van der Waals surface area contributed by atoms with Crippen molar-refractivity contribution in [3.63, 3.8) is 0 Å². The summed E-state index contributed by atoms with van der Waals surface area (Å²) in [5, 5.41) is 5.86. The lowest BCUT2D eigenvalue weighted by Crippen LogP contribution is -3.14. The van der Waals surface area contributed by atoms with Crippen LogP contribution in [0.4, 0.5) is 5.69 Å². The maximum Gasteiger partial charge on any atom is 0.279 e. The molecular formula is C23H29N4O3+. The Balaban J connectivity index is 1.59. The first-order chi connectivity index (χ1) is 14.4. The van der Waals surface area contributed by atoms with E-state index in [1.165, 1.54) is 0 Å². The first kappa shape index (κ1) is 21.5. The number of nitrogens with one attached hydrogen (secondary N) is 3. The molecule has 0 unspecified atom stereocenters. The Labute approximate surface area is 176 Å². The van der Waals surface area contributed by atoms with Gasteiger partial charge in [-0.2, -0.15) is 0 Å². The van der Waals surface area contributed by atoms with Crippen LogP contribution < -0.4 is 21.3 Å².